The maximum atomic E-state index is 11.4. The van der Waals surface area contributed by atoms with Crippen molar-refractivity contribution in [2.45, 2.75) is 25.8 Å². The van der Waals surface area contributed by atoms with Crippen LogP contribution >= 0.6 is 12.6 Å². The molecule has 0 radical (unpaired) electrons. The number of carbonyl (C=O) groups is 1. The van der Waals surface area contributed by atoms with Crippen LogP contribution in [0.1, 0.15) is 19.8 Å². The predicted molar refractivity (Wildman–Crippen MR) is 61.8 cm³/mol. The molecule has 0 unspecified atom stereocenters. The summed E-state index contributed by atoms with van der Waals surface area (Å²) in [5.74, 6) is 0.466. The topological polar surface area (TPSA) is 23.6 Å². The number of rotatable bonds is 3. The summed E-state index contributed by atoms with van der Waals surface area (Å²) in [6, 6.07) is 0.428. The van der Waals surface area contributed by atoms with E-state index in [1.165, 1.54) is 0 Å². The Morgan fingerprint density at radius 2 is 2.07 bits per heavy atom. The minimum Gasteiger partial charge on any atom is -0.342 e. The fraction of sp³-hybridized carbons (Fsp3) is 0.900. The van der Waals surface area contributed by atoms with Gasteiger partial charge in [-0.1, -0.05) is 6.92 Å². The Morgan fingerprint density at radius 3 is 2.50 bits per heavy atom. The largest absolute Gasteiger partial charge is 0.342 e. The average Bonchev–Trinajstić information content (AvgIpc) is 2.27. The Kier molecular flexibility index (Phi) is 4.75. The van der Waals surface area contributed by atoms with Crippen LogP contribution < -0.4 is 0 Å². The molecule has 1 aliphatic rings. The summed E-state index contributed by atoms with van der Waals surface area (Å²) in [5.41, 5.74) is 0. The highest BCUT2D eigenvalue weighted by molar-refractivity contribution is 7.81. The molecular weight excluding hydrogens is 196 g/mol. The molecule has 0 saturated carbocycles. The van der Waals surface area contributed by atoms with Gasteiger partial charge in [0.2, 0.25) is 5.91 Å². The summed E-state index contributed by atoms with van der Waals surface area (Å²) in [5, 5.41) is 0. The normalized spacial score (nSPS) is 19.6. The van der Waals surface area contributed by atoms with Gasteiger partial charge in [-0.3, -0.25) is 4.79 Å². The summed E-state index contributed by atoms with van der Waals surface area (Å²) in [6.45, 7) is 5.54. The Bertz CT molecular complexity index is 191. The molecule has 0 bridgehead atoms. The average molecular weight is 216 g/mol. The number of hydrogen-bond donors (Lipinski definition) is 1. The van der Waals surface area contributed by atoms with Crippen molar-refractivity contribution in [1.82, 2.24) is 9.80 Å². The van der Waals surface area contributed by atoms with E-state index in [2.05, 4.69) is 24.5 Å². The van der Waals surface area contributed by atoms with Gasteiger partial charge in [0, 0.05) is 26.2 Å². The standard InChI is InChI=1S/C10H20N2OS/c1-3-12-6-4-9(5-7-12)11(2)10(13)8-14/h9,14H,3-8H2,1-2H3. The first-order chi connectivity index (χ1) is 6.69. The molecule has 0 aromatic carbocycles. The van der Waals surface area contributed by atoms with Crippen LogP contribution in [0.5, 0.6) is 0 Å². The molecule has 1 fully saturated rings. The first kappa shape index (κ1) is 11.9. The third-order valence-electron chi connectivity index (χ3n) is 3.08. The van der Waals surface area contributed by atoms with Crippen LogP contribution in [-0.4, -0.2) is 54.2 Å². The van der Waals surface area contributed by atoms with Gasteiger partial charge in [-0.25, -0.2) is 0 Å². The highest BCUT2D eigenvalue weighted by atomic mass is 32.1. The molecule has 0 aliphatic carbocycles. The van der Waals surface area contributed by atoms with Gasteiger partial charge in [0.05, 0.1) is 5.75 Å². The third kappa shape index (κ3) is 2.89. The van der Waals surface area contributed by atoms with Crippen molar-refractivity contribution in [2.75, 3.05) is 32.4 Å². The van der Waals surface area contributed by atoms with Crippen molar-refractivity contribution < 1.29 is 4.79 Å². The minimum atomic E-state index is 0.142. The van der Waals surface area contributed by atoms with Gasteiger partial charge in [-0.2, -0.15) is 12.6 Å². The Labute approximate surface area is 91.9 Å². The van der Waals surface area contributed by atoms with Crippen molar-refractivity contribution in [3.8, 4) is 0 Å². The molecule has 0 aromatic rings. The van der Waals surface area contributed by atoms with E-state index in [4.69, 9.17) is 0 Å². The molecule has 4 heteroatoms. The summed E-state index contributed by atoms with van der Waals surface area (Å²) in [7, 11) is 1.89. The van der Waals surface area contributed by atoms with Gasteiger partial charge in [0.25, 0.3) is 0 Å². The molecule has 1 heterocycles. The first-order valence-corrected chi connectivity index (χ1v) is 5.91. The number of likely N-dealkylation sites (tertiary alicyclic amines) is 1. The highest BCUT2D eigenvalue weighted by Crippen LogP contribution is 2.15. The van der Waals surface area contributed by atoms with Crippen molar-refractivity contribution >= 4 is 18.5 Å². The number of carbonyl (C=O) groups excluding carboxylic acids is 1. The van der Waals surface area contributed by atoms with E-state index in [1.807, 2.05) is 11.9 Å². The highest BCUT2D eigenvalue weighted by Gasteiger charge is 2.23. The number of thiol groups is 1. The molecule has 1 aliphatic heterocycles. The Balaban J connectivity index is 2.37. The number of piperidine rings is 1. The molecule has 1 saturated heterocycles. The first-order valence-electron chi connectivity index (χ1n) is 5.28. The van der Waals surface area contributed by atoms with Crippen LogP contribution in [0.15, 0.2) is 0 Å². The molecule has 1 rings (SSSR count). The van der Waals surface area contributed by atoms with Gasteiger partial charge < -0.3 is 9.80 Å². The second kappa shape index (κ2) is 5.61. The Hall–Kier alpha value is -0.220. The van der Waals surface area contributed by atoms with E-state index < -0.39 is 0 Å². The molecule has 0 atom stereocenters. The van der Waals surface area contributed by atoms with Crippen LogP contribution in [0, 0.1) is 0 Å². The van der Waals surface area contributed by atoms with Crippen LogP contribution in [0.4, 0.5) is 0 Å². The van der Waals surface area contributed by atoms with Crippen molar-refractivity contribution in [3.05, 3.63) is 0 Å². The predicted octanol–water partition coefficient (Wildman–Crippen LogP) is 0.859. The molecule has 0 aromatic heterocycles. The van der Waals surface area contributed by atoms with E-state index in [0.717, 1.165) is 32.5 Å². The third-order valence-corrected chi connectivity index (χ3v) is 3.35. The van der Waals surface area contributed by atoms with E-state index in [0.29, 0.717) is 11.8 Å². The smallest absolute Gasteiger partial charge is 0.232 e. The molecule has 14 heavy (non-hydrogen) atoms. The van der Waals surface area contributed by atoms with Gasteiger partial charge >= 0.3 is 0 Å². The monoisotopic (exact) mass is 216 g/mol. The van der Waals surface area contributed by atoms with Crippen LogP contribution in [0.3, 0.4) is 0 Å². The van der Waals surface area contributed by atoms with Crippen LogP contribution in [0.25, 0.3) is 0 Å². The van der Waals surface area contributed by atoms with Crippen molar-refractivity contribution in [2.24, 2.45) is 0 Å². The van der Waals surface area contributed by atoms with Crippen LogP contribution in [0.2, 0.25) is 0 Å². The summed E-state index contributed by atoms with van der Waals surface area (Å²) in [6.07, 6.45) is 2.20. The number of amides is 1. The number of hydrogen-bond acceptors (Lipinski definition) is 3. The fourth-order valence-electron chi connectivity index (χ4n) is 1.94. The molecule has 1 amide bonds. The van der Waals surface area contributed by atoms with Gasteiger partial charge in [0.15, 0.2) is 0 Å². The lowest BCUT2D eigenvalue weighted by Gasteiger charge is -2.36. The maximum absolute atomic E-state index is 11.4. The molecule has 0 N–H and O–H groups in total. The van der Waals surface area contributed by atoms with E-state index in [9.17, 15) is 4.79 Å². The van der Waals surface area contributed by atoms with Crippen LogP contribution in [-0.2, 0) is 4.79 Å². The second-order valence-electron chi connectivity index (χ2n) is 3.83. The molecule has 3 nitrogen and oxygen atoms in total. The SMILES string of the molecule is CCN1CCC(N(C)C(=O)CS)CC1. The summed E-state index contributed by atoms with van der Waals surface area (Å²) < 4.78 is 0. The van der Waals surface area contributed by atoms with Gasteiger partial charge in [-0.05, 0) is 19.4 Å². The van der Waals surface area contributed by atoms with Gasteiger partial charge in [-0.15, -0.1) is 0 Å². The molecular formula is C10H20N2OS. The minimum absolute atomic E-state index is 0.142. The van der Waals surface area contributed by atoms with E-state index in [1.54, 1.807) is 0 Å². The van der Waals surface area contributed by atoms with E-state index >= 15 is 0 Å². The van der Waals surface area contributed by atoms with Crippen molar-refractivity contribution in [3.63, 3.8) is 0 Å². The lowest BCUT2D eigenvalue weighted by atomic mass is 10.0. The lowest BCUT2D eigenvalue weighted by molar-refractivity contribution is -0.129. The zero-order valence-corrected chi connectivity index (χ0v) is 9.96. The quantitative estimate of drug-likeness (QED) is 0.707. The van der Waals surface area contributed by atoms with E-state index in [-0.39, 0.29) is 5.91 Å². The summed E-state index contributed by atoms with van der Waals surface area (Å²) >= 11 is 4.01. The Morgan fingerprint density at radius 1 is 1.50 bits per heavy atom. The summed E-state index contributed by atoms with van der Waals surface area (Å²) in [4.78, 5) is 15.7. The fourth-order valence-corrected chi connectivity index (χ4v) is 2.16. The lowest BCUT2D eigenvalue weighted by Crippen LogP contribution is -2.45. The molecule has 0 spiro atoms. The zero-order valence-electron chi connectivity index (χ0n) is 9.07. The number of nitrogens with zero attached hydrogens (tertiary/aromatic N) is 2. The maximum Gasteiger partial charge on any atom is 0.232 e. The van der Waals surface area contributed by atoms with Crippen molar-refractivity contribution in [1.29, 1.82) is 0 Å². The zero-order chi connectivity index (χ0) is 10.6. The van der Waals surface area contributed by atoms with Gasteiger partial charge in [0.1, 0.15) is 0 Å². The second-order valence-corrected chi connectivity index (χ2v) is 4.14. The molecule has 82 valence electrons.